The van der Waals surface area contributed by atoms with E-state index < -0.39 is 23.3 Å². The lowest BCUT2D eigenvalue weighted by atomic mass is 9.88. The first-order valence-corrected chi connectivity index (χ1v) is 6.94. The Labute approximate surface area is 128 Å². The number of hydrogen-bond donors (Lipinski definition) is 2. The predicted molar refractivity (Wildman–Crippen MR) is 77.9 cm³/mol. The summed E-state index contributed by atoms with van der Waals surface area (Å²) in [6.07, 6.45) is 0. The van der Waals surface area contributed by atoms with E-state index in [1.54, 1.807) is 27.7 Å². The van der Waals surface area contributed by atoms with Crippen LogP contribution in [0.15, 0.2) is 10.6 Å². The van der Waals surface area contributed by atoms with Crippen molar-refractivity contribution in [3.8, 4) is 0 Å². The highest BCUT2D eigenvalue weighted by Gasteiger charge is 2.41. The van der Waals surface area contributed by atoms with Crippen molar-refractivity contribution in [1.82, 2.24) is 10.5 Å². The third kappa shape index (κ3) is 4.06. The van der Waals surface area contributed by atoms with E-state index in [2.05, 4.69) is 15.8 Å². The molecule has 1 rings (SSSR count). The lowest BCUT2D eigenvalue weighted by Gasteiger charge is -2.31. The summed E-state index contributed by atoms with van der Waals surface area (Å²) in [6.45, 7) is 8.51. The molecule has 8 nitrogen and oxygen atoms in total. The largest absolute Gasteiger partial charge is 0.464 e. The second-order valence-corrected chi connectivity index (χ2v) is 5.31. The Hall–Kier alpha value is -2.38. The maximum Gasteiger partial charge on any atom is 0.331 e. The Morgan fingerprint density at radius 2 is 2.00 bits per heavy atom. The Bertz CT molecular complexity index is 567. The van der Waals surface area contributed by atoms with Gasteiger partial charge in [0, 0.05) is 6.07 Å². The SMILES string of the molecule is CCOC(=O)[C@@](C)(NC(=O)C(=O)Nc1cc(C)on1)C(C)C. The molecule has 0 saturated carbocycles. The monoisotopic (exact) mass is 311 g/mol. The van der Waals surface area contributed by atoms with Crippen molar-refractivity contribution in [2.75, 3.05) is 11.9 Å². The van der Waals surface area contributed by atoms with Crippen molar-refractivity contribution in [3.05, 3.63) is 11.8 Å². The van der Waals surface area contributed by atoms with Crippen LogP contribution >= 0.6 is 0 Å². The van der Waals surface area contributed by atoms with E-state index in [9.17, 15) is 14.4 Å². The molecule has 0 aliphatic carbocycles. The fourth-order valence-electron chi connectivity index (χ4n) is 1.60. The number of anilines is 1. The molecule has 0 bridgehead atoms. The van der Waals surface area contributed by atoms with E-state index in [1.807, 2.05) is 0 Å². The van der Waals surface area contributed by atoms with Crippen LogP contribution in [0.3, 0.4) is 0 Å². The molecule has 0 aliphatic heterocycles. The second-order valence-electron chi connectivity index (χ2n) is 5.31. The molecule has 8 heteroatoms. The van der Waals surface area contributed by atoms with Gasteiger partial charge in [-0.1, -0.05) is 19.0 Å². The van der Waals surface area contributed by atoms with Gasteiger partial charge in [-0.25, -0.2) is 4.79 Å². The van der Waals surface area contributed by atoms with Crippen LogP contribution in [0.5, 0.6) is 0 Å². The summed E-state index contributed by atoms with van der Waals surface area (Å²) in [7, 11) is 0. The summed E-state index contributed by atoms with van der Waals surface area (Å²) in [6, 6.07) is 1.47. The van der Waals surface area contributed by atoms with E-state index in [0.717, 1.165) is 0 Å². The van der Waals surface area contributed by atoms with Crippen molar-refractivity contribution in [2.45, 2.75) is 40.2 Å². The van der Waals surface area contributed by atoms with Gasteiger partial charge in [0.25, 0.3) is 0 Å². The summed E-state index contributed by atoms with van der Waals surface area (Å²) in [5, 5.41) is 8.26. The number of hydrogen-bond acceptors (Lipinski definition) is 6. The minimum atomic E-state index is -1.30. The van der Waals surface area contributed by atoms with Crippen LogP contribution in [0.1, 0.15) is 33.5 Å². The minimum Gasteiger partial charge on any atom is -0.464 e. The van der Waals surface area contributed by atoms with Gasteiger partial charge < -0.3 is 14.6 Å². The molecule has 1 atom stereocenters. The molecule has 122 valence electrons. The molecule has 0 unspecified atom stereocenters. The van der Waals surface area contributed by atoms with E-state index in [4.69, 9.17) is 9.26 Å². The third-order valence-electron chi connectivity index (χ3n) is 3.30. The first kappa shape index (κ1) is 17.7. The fourth-order valence-corrected chi connectivity index (χ4v) is 1.60. The van der Waals surface area contributed by atoms with E-state index in [-0.39, 0.29) is 18.3 Å². The molecule has 0 aliphatic rings. The normalized spacial score (nSPS) is 13.4. The fraction of sp³-hybridized carbons (Fsp3) is 0.571. The summed E-state index contributed by atoms with van der Waals surface area (Å²) in [5.41, 5.74) is -1.30. The molecule has 2 amide bonds. The van der Waals surface area contributed by atoms with Crippen molar-refractivity contribution in [2.24, 2.45) is 5.92 Å². The van der Waals surface area contributed by atoms with Gasteiger partial charge in [0.05, 0.1) is 6.61 Å². The molecular formula is C14H21N3O5. The number of carbonyl (C=O) groups is 3. The van der Waals surface area contributed by atoms with E-state index in [1.165, 1.54) is 13.0 Å². The molecule has 1 aromatic rings. The highest BCUT2D eigenvalue weighted by Crippen LogP contribution is 2.18. The lowest BCUT2D eigenvalue weighted by molar-refractivity contribution is -0.155. The number of carbonyl (C=O) groups excluding carboxylic acids is 3. The maximum absolute atomic E-state index is 12.0. The van der Waals surface area contributed by atoms with Gasteiger partial charge >= 0.3 is 17.8 Å². The molecular weight excluding hydrogens is 290 g/mol. The minimum absolute atomic E-state index is 0.125. The Morgan fingerprint density at radius 3 is 2.45 bits per heavy atom. The van der Waals surface area contributed by atoms with Crippen LogP contribution in [0.2, 0.25) is 0 Å². The van der Waals surface area contributed by atoms with Crippen LogP contribution in [-0.4, -0.2) is 35.1 Å². The zero-order chi connectivity index (χ0) is 16.9. The van der Waals surface area contributed by atoms with Gasteiger partial charge in [0.1, 0.15) is 11.3 Å². The van der Waals surface area contributed by atoms with E-state index >= 15 is 0 Å². The Morgan fingerprint density at radius 1 is 1.36 bits per heavy atom. The average Bonchev–Trinajstić information content (AvgIpc) is 2.83. The van der Waals surface area contributed by atoms with Crippen molar-refractivity contribution in [1.29, 1.82) is 0 Å². The van der Waals surface area contributed by atoms with Gasteiger partial charge in [0.2, 0.25) is 0 Å². The smallest absolute Gasteiger partial charge is 0.331 e. The first-order valence-electron chi connectivity index (χ1n) is 6.94. The lowest BCUT2D eigenvalue weighted by Crippen LogP contribution is -2.58. The number of aryl methyl sites for hydroxylation is 1. The predicted octanol–water partition coefficient (Wildman–Crippen LogP) is 1.02. The number of nitrogens with zero attached hydrogens (tertiary/aromatic N) is 1. The molecule has 0 aromatic carbocycles. The summed E-state index contributed by atoms with van der Waals surface area (Å²) < 4.78 is 9.74. The number of rotatable bonds is 5. The Balaban J connectivity index is 2.78. The summed E-state index contributed by atoms with van der Waals surface area (Å²) in [5.74, 6) is -2.13. The molecule has 0 spiro atoms. The van der Waals surface area contributed by atoms with Gasteiger partial charge in [-0.05, 0) is 26.7 Å². The van der Waals surface area contributed by atoms with Crippen molar-refractivity contribution < 1.29 is 23.6 Å². The highest BCUT2D eigenvalue weighted by atomic mass is 16.5. The standard InChI is InChI=1S/C14H21N3O5/c1-6-21-13(20)14(5,8(2)3)16-12(19)11(18)15-10-7-9(4)22-17-10/h7-8H,6H2,1-5H3,(H,16,19)(H,15,17,18)/t14-/m0/s1. The molecule has 0 fully saturated rings. The molecule has 1 aromatic heterocycles. The quantitative estimate of drug-likeness (QED) is 0.620. The van der Waals surface area contributed by atoms with Gasteiger partial charge in [-0.15, -0.1) is 0 Å². The number of esters is 1. The molecule has 2 N–H and O–H groups in total. The molecule has 1 heterocycles. The Kier molecular flexibility index (Phi) is 5.67. The van der Waals surface area contributed by atoms with E-state index in [0.29, 0.717) is 5.76 Å². The molecule has 0 radical (unpaired) electrons. The van der Waals surface area contributed by atoms with Crippen LogP contribution in [-0.2, 0) is 19.1 Å². The van der Waals surface area contributed by atoms with Crippen molar-refractivity contribution >= 4 is 23.6 Å². The molecule has 22 heavy (non-hydrogen) atoms. The second kappa shape index (κ2) is 7.06. The number of nitrogens with one attached hydrogen (secondary N) is 2. The number of amides is 2. The first-order chi connectivity index (χ1) is 10.2. The third-order valence-corrected chi connectivity index (χ3v) is 3.30. The van der Waals surface area contributed by atoms with Gasteiger partial charge in [-0.3, -0.25) is 14.9 Å². The topological polar surface area (TPSA) is 111 Å². The van der Waals surface area contributed by atoms with Crippen LogP contribution in [0.25, 0.3) is 0 Å². The van der Waals surface area contributed by atoms with Crippen LogP contribution < -0.4 is 10.6 Å². The average molecular weight is 311 g/mol. The number of ether oxygens (including phenoxy) is 1. The zero-order valence-corrected chi connectivity index (χ0v) is 13.4. The summed E-state index contributed by atoms with van der Waals surface area (Å²) >= 11 is 0. The number of aromatic nitrogens is 1. The van der Waals surface area contributed by atoms with Crippen molar-refractivity contribution in [3.63, 3.8) is 0 Å². The zero-order valence-electron chi connectivity index (χ0n) is 13.4. The van der Waals surface area contributed by atoms with Crippen LogP contribution in [0, 0.1) is 12.8 Å². The summed E-state index contributed by atoms with van der Waals surface area (Å²) in [4.78, 5) is 35.9. The van der Waals surface area contributed by atoms with Gasteiger partial charge in [-0.2, -0.15) is 0 Å². The van der Waals surface area contributed by atoms with Gasteiger partial charge in [0.15, 0.2) is 5.82 Å². The van der Waals surface area contributed by atoms with Crippen LogP contribution in [0.4, 0.5) is 5.82 Å². The highest BCUT2D eigenvalue weighted by molar-refractivity contribution is 6.40. The molecule has 0 saturated heterocycles. The maximum atomic E-state index is 12.0.